The number of amides is 1. The van der Waals surface area contributed by atoms with Crippen molar-refractivity contribution in [2.45, 2.75) is 44.9 Å². The number of nitrogens with one attached hydrogen (secondary N) is 1. The van der Waals surface area contributed by atoms with Gasteiger partial charge in [0, 0.05) is 31.2 Å². The number of benzene rings is 1. The molecule has 0 spiro atoms. The summed E-state index contributed by atoms with van der Waals surface area (Å²) in [6.07, 6.45) is 4.75. The summed E-state index contributed by atoms with van der Waals surface area (Å²) in [6.45, 7) is 9.97. The van der Waals surface area contributed by atoms with Gasteiger partial charge in [0.25, 0.3) is 0 Å². The van der Waals surface area contributed by atoms with Crippen molar-refractivity contribution in [2.75, 3.05) is 39.3 Å². The highest BCUT2D eigenvalue weighted by atomic mass is 32.1. The summed E-state index contributed by atoms with van der Waals surface area (Å²) in [5.74, 6) is 0.780. The average molecular weight is 443 g/mol. The number of carbonyl (C=O) groups is 1. The van der Waals surface area contributed by atoms with Gasteiger partial charge in [-0.1, -0.05) is 30.3 Å². The predicted molar refractivity (Wildman–Crippen MR) is 124 cm³/mol. The van der Waals surface area contributed by atoms with Crippen LogP contribution in [0.5, 0.6) is 0 Å². The van der Waals surface area contributed by atoms with E-state index in [0.717, 1.165) is 56.1 Å². The van der Waals surface area contributed by atoms with Crippen molar-refractivity contribution < 1.29 is 9.53 Å². The van der Waals surface area contributed by atoms with E-state index < -0.39 is 0 Å². The monoisotopic (exact) mass is 442 g/mol. The Kier molecular flexibility index (Phi) is 7.72. The molecular formula is C24H34N4O2S. The van der Waals surface area contributed by atoms with E-state index in [1.54, 1.807) is 17.5 Å². The fraction of sp³-hybridized carbons (Fsp3) is 0.583. The highest BCUT2D eigenvalue weighted by molar-refractivity contribution is 7.09. The fourth-order valence-corrected chi connectivity index (χ4v) is 5.56. The van der Waals surface area contributed by atoms with Crippen LogP contribution in [0.3, 0.4) is 0 Å². The minimum absolute atomic E-state index is 0.0679. The van der Waals surface area contributed by atoms with Gasteiger partial charge in [-0.2, -0.15) is 0 Å². The quantitative estimate of drug-likeness (QED) is 0.714. The highest BCUT2D eigenvalue weighted by Crippen LogP contribution is 2.24. The summed E-state index contributed by atoms with van der Waals surface area (Å²) in [6, 6.07) is 9.91. The predicted octanol–water partition coefficient (Wildman–Crippen LogP) is 3.17. The van der Waals surface area contributed by atoms with Crippen LogP contribution >= 0.6 is 11.3 Å². The molecule has 3 heterocycles. The Morgan fingerprint density at radius 1 is 1.16 bits per heavy atom. The minimum atomic E-state index is -0.184. The number of thiazole rings is 1. The third-order valence-electron chi connectivity index (χ3n) is 6.22. The SMILES string of the molecule is CC1CN(CC2CCN(CC(=O)NC(c3ccccc3)c3nccs3)CC2)CC(C)O1. The van der Waals surface area contributed by atoms with E-state index in [9.17, 15) is 4.79 Å². The molecule has 0 radical (unpaired) electrons. The van der Waals surface area contributed by atoms with Crippen LogP contribution in [0.4, 0.5) is 0 Å². The minimum Gasteiger partial charge on any atom is -0.373 e. The van der Waals surface area contributed by atoms with E-state index in [4.69, 9.17) is 4.74 Å². The average Bonchev–Trinajstić information content (AvgIpc) is 3.28. The Balaban J connectivity index is 1.26. The molecule has 3 atom stereocenters. The third kappa shape index (κ3) is 6.35. The van der Waals surface area contributed by atoms with E-state index in [1.165, 1.54) is 0 Å². The van der Waals surface area contributed by atoms with Crippen molar-refractivity contribution in [1.29, 1.82) is 0 Å². The lowest BCUT2D eigenvalue weighted by Gasteiger charge is -2.39. The number of carbonyl (C=O) groups excluding carboxylic acids is 1. The maximum Gasteiger partial charge on any atom is 0.235 e. The summed E-state index contributed by atoms with van der Waals surface area (Å²) in [4.78, 5) is 22.2. The molecule has 168 valence electrons. The lowest BCUT2D eigenvalue weighted by molar-refractivity contribution is -0.123. The first-order valence-electron chi connectivity index (χ1n) is 11.4. The van der Waals surface area contributed by atoms with Crippen molar-refractivity contribution in [3.05, 3.63) is 52.5 Å². The number of aromatic nitrogens is 1. The number of nitrogens with zero attached hydrogens (tertiary/aromatic N) is 3. The molecule has 0 bridgehead atoms. The highest BCUT2D eigenvalue weighted by Gasteiger charge is 2.28. The molecule has 1 N–H and O–H groups in total. The number of hydrogen-bond donors (Lipinski definition) is 1. The summed E-state index contributed by atoms with van der Waals surface area (Å²) in [5.41, 5.74) is 1.07. The van der Waals surface area contributed by atoms with Crippen molar-refractivity contribution in [1.82, 2.24) is 20.1 Å². The van der Waals surface area contributed by atoms with E-state index in [0.29, 0.717) is 24.7 Å². The second-order valence-electron chi connectivity index (χ2n) is 8.98. The smallest absolute Gasteiger partial charge is 0.235 e. The number of piperidine rings is 1. The van der Waals surface area contributed by atoms with Gasteiger partial charge >= 0.3 is 0 Å². The molecule has 1 aromatic carbocycles. The summed E-state index contributed by atoms with van der Waals surface area (Å²) in [5, 5.41) is 6.09. The van der Waals surface area contributed by atoms with Crippen molar-refractivity contribution in [2.24, 2.45) is 5.92 Å². The Bertz CT molecular complexity index is 798. The van der Waals surface area contributed by atoms with Crippen LogP contribution in [0.1, 0.15) is 43.3 Å². The van der Waals surface area contributed by atoms with Gasteiger partial charge in [0.05, 0.1) is 18.8 Å². The third-order valence-corrected chi connectivity index (χ3v) is 7.06. The number of hydrogen-bond acceptors (Lipinski definition) is 6. The van der Waals surface area contributed by atoms with Gasteiger partial charge in [-0.3, -0.25) is 14.6 Å². The summed E-state index contributed by atoms with van der Waals surface area (Å²) < 4.78 is 5.86. The lowest BCUT2D eigenvalue weighted by atomic mass is 9.95. The first kappa shape index (κ1) is 22.4. The van der Waals surface area contributed by atoms with Crippen molar-refractivity contribution in [3.8, 4) is 0 Å². The van der Waals surface area contributed by atoms with Gasteiger partial charge in [-0.15, -0.1) is 11.3 Å². The Morgan fingerprint density at radius 2 is 1.87 bits per heavy atom. The maximum atomic E-state index is 12.9. The molecule has 1 aromatic heterocycles. The molecular weight excluding hydrogens is 408 g/mol. The van der Waals surface area contributed by atoms with Gasteiger partial charge < -0.3 is 10.1 Å². The molecule has 31 heavy (non-hydrogen) atoms. The van der Waals surface area contributed by atoms with Gasteiger partial charge in [-0.25, -0.2) is 4.98 Å². The van der Waals surface area contributed by atoms with E-state index in [1.807, 2.05) is 35.7 Å². The largest absolute Gasteiger partial charge is 0.373 e. The molecule has 3 unspecified atom stereocenters. The fourth-order valence-electron chi connectivity index (χ4n) is 4.85. The molecule has 7 heteroatoms. The number of ether oxygens (including phenoxy) is 1. The topological polar surface area (TPSA) is 57.7 Å². The lowest BCUT2D eigenvalue weighted by Crippen LogP contribution is -2.49. The first-order valence-corrected chi connectivity index (χ1v) is 12.3. The molecule has 0 aliphatic carbocycles. The van der Waals surface area contributed by atoms with Gasteiger partial charge in [0.2, 0.25) is 5.91 Å². The number of morpholine rings is 1. The Hall–Kier alpha value is -1.80. The molecule has 2 aliphatic heterocycles. The molecule has 2 aliphatic rings. The zero-order chi connectivity index (χ0) is 21.6. The van der Waals surface area contributed by atoms with Crippen LogP contribution in [-0.4, -0.2) is 72.2 Å². The van der Waals surface area contributed by atoms with Gasteiger partial charge in [0.15, 0.2) is 0 Å². The van der Waals surface area contributed by atoms with Gasteiger partial charge in [0.1, 0.15) is 11.0 Å². The maximum absolute atomic E-state index is 12.9. The first-order chi connectivity index (χ1) is 15.1. The standard InChI is InChI=1S/C24H34N4O2S/c1-18-14-28(15-19(2)30-18)16-20-8-11-27(12-9-20)17-22(29)26-23(24-25-10-13-31-24)21-6-4-3-5-7-21/h3-7,10,13,18-20,23H,8-9,11-12,14-17H2,1-2H3,(H,26,29). The zero-order valence-electron chi connectivity index (χ0n) is 18.6. The van der Waals surface area contributed by atoms with Crippen LogP contribution < -0.4 is 5.32 Å². The number of likely N-dealkylation sites (tertiary alicyclic amines) is 1. The molecule has 4 rings (SSSR count). The molecule has 2 saturated heterocycles. The summed E-state index contributed by atoms with van der Waals surface area (Å²) in [7, 11) is 0. The van der Waals surface area contributed by atoms with Crippen LogP contribution in [0.25, 0.3) is 0 Å². The molecule has 1 amide bonds. The van der Waals surface area contributed by atoms with Crippen molar-refractivity contribution in [3.63, 3.8) is 0 Å². The van der Waals surface area contributed by atoms with Gasteiger partial charge in [-0.05, 0) is 51.3 Å². The van der Waals surface area contributed by atoms with Crippen molar-refractivity contribution >= 4 is 17.2 Å². The van der Waals surface area contributed by atoms with Crippen LogP contribution in [0.2, 0.25) is 0 Å². The Labute approximate surface area is 189 Å². The van der Waals surface area contributed by atoms with E-state index >= 15 is 0 Å². The van der Waals surface area contributed by atoms with E-state index in [2.05, 4.69) is 33.9 Å². The molecule has 2 fully saturated rings. The number of rotatable bonds is 7. The van der Waals surface area contributed by atoms with E-state index in [-0.39, 0.29) is 11.9 Å². The van der Waals surface area contributed by atoms with Crippen LogP contribution in [0.15, 0.2) is 41.9 Å². The zero-order valence-corrected chi connectivity index (χ0v) is 19.4. The second kappa shape index (κ2) is 10.7. The summed E-state index contributed by atoms with van der Waals surface area (Å²) >= 11 is 1.58. The Morgan fingerprint density at radius 3 is 2.52 bits per heavy atom. The molecule has 6 nitrogen and oxygen atoms in total. The van der Waals surface area contributed by atoms with Crippen LogP contribution in [-0.2, 0) is 9.53 Å². The van der Waals surface area contributed by atoms with Crippen LogP contribution in [0, 0.1) is 5.92 Å². The molecule has 0 saturated carbocycles. The molecule has 2 aromatic rings. The normalized spacial score (nSPS) is 24.7. The second-order valence-corrected chi connectivity index (χ2v) is 9.90.